The Hall–Kier alpha value is -1.16. The maximum atomic E-state index is 5.80. The van der Waals surface area contributed by atoms with Gasteiger partial charge in [-0.1, -0.05) is 6.92 Å². The molecule has 1 atom stereocenters. The largest absolute Gasteiger partial charge is 0.399 e. The molecule has 0 aliphatic carbocycles. The van der Waals surface area contributed by atoms with E-state index >= 15 is 0 Å². The van der Waals surface area contributed by atoms with Crippen molar-refractivity contribution in [2.45, 2.75) is 26.3 Å². The molecule has 0 fully saturated rings. The highest BCUT2D eigenvalue weighted by molar-refractivity contribution is 7.98. The van der Waals surface area contributed by atoms with Crippen LogP contribution in [0.2, 0.25) is 0 Å². The molecule has 2 rings (SSSR count). The molecule has 0 saturated carbocycles. The summed E-state index contributed by atoms with van der Waals surface area (Å²) in [5.41, 5.74) is 8.77. The van der Waals surface area contributed by atoms with Gasteiger partial charge in [-0.15, -0.1) is 0 Å². The predicted octanol–water partition coefficient (Wildman–Crippen LogP) is 3.24. The third kappa shape index (κ3) is 2.27. The van der Waals surface area contributed by atoms with E-state index in [1.54, 1.807) is 0 Å². The van der Waals surface area contributed by atoms with Gasteiger partial charge < -0.3 is 10.3 Å². The highest BCUT2D eigenvalue weighted by Gasteiger charge is 2.15. The maximum absolute atomic E-state index is 5.80. The number of hydrogen-bond donors (Lipinski definition) is 1. The normalized spacial score (nSPS) is 13.1. The standard InChI is InChI=1S/C13H19N3S/c1-4-11(8-17-3)16-9(2)15-12-7-10(14)5-6-13(12)16/h5-7,11H,4,8,14H2,1-3H3. The molecule has 1 unspecified atom stereocenters. The Morgan fingerprint density at radius 2 is 2.24 bits per heavy atom. The summed E-state index contributed by atoms with van der Waals surface area (Å²) in [6.07, 6.45) is 3.27. The molecule has 2 N–H and O–H groups in total. The zero-order valence-electron chi connectivity index (χ0n) is 10.6. The quantitative estimate of drug-likeness (QED) is 0.846. The number of thioether (sulfide) groups is 1. The number of rotatable bonds is 4. The monoisotopic (exact) mass is 249 g/mol. The summed E-state index contributed by atoms with van der Waals surface area (Å²) in [7, 11) is 0. The molecule has 0 aliphatic rings. The Labute approximate surface area is 106 Å². The highest BCUT2D eigenvalue weighted by atomic mass is 32.2. The molecular formula is C13H19N3S. The van der Waals surface area contributed by atoms with E-state index < -0.39 is 0 Å². The fraction of sp³-hybridized carbons (Fsp3) is 0.462. The Balaban J connectivity index is 2.55. The van der Waals surface area contributed by atoms with E-state index in [0.717, 1.165) is 29.2 Å². The van der Waals surface area contributed by atoms with Crippen molar-refractivity contribution in [3.63, 3.8) is 0 Å². The zero-order chi connectivity index (χ0) is 12.4. The Morgan fingerprint density at radius 3 is 2.88 bits per heavy atom. The van der Waals surface area contributed by atoms with Crippen LogP contribution >= 0.6 is 11.8 Å². The smallest absolute Gasteiger partial charge is 0.107 e. The first-order chi connectivity index (χ1) is 8.17. The molecule has 1 heterocycles. The van der Waals surface area contributed by atoms with Crippen LogP contribution in [0.1, 0.15) is 25.2 Å². The molecule has 0 radical (unpaired) electrons. The molecule has 0 spiro atoms. The van der Waals surface area contributed by atoms with Crippen LogP contribution in [0.25, 0.3) is 11.0 Å². The van der Waals surface area contributed by atoms with Crippen LogP contribution in [-0.2, 0) is 0 Å². The molecule has 17 heavy (non-hydrogen) atoms. The van der Waals surface area contributed by atoms with E-state index in [-0.39, 0.29) is 0 Å². The van der Waals surface area contributed by atoms with Crippen molar-refractivity contribution in [1.29, 1.82) is 0 Å². The van der Waals surface area contributed by atoms with Crippen molar-refractivity contribution in [3.05, 3.63) is 24.0 Å². The SMILES string of the molecule is CCC(CSC)n1c(C)nc2cc(N)ccc21. The minimum absolute atomic E-state index is 0.513. The van der Waals surface area contributed by atoms with E-state index in [1.165, 1.54) is 5.52 Å². The van der Waals surface area contributed by atoms with Crippen molar-refractivity contribution in [2.24, 2.45) is 0 Å². The number of anilines is 1. The van der Waals surface area contributed by atoms with Gasteiger partial charge in [0.25, 0.3) is 0 Å². The molecule has 1 aromatic carbocycles. The van der Waals surface area contributed by atoms with Crippen molar-refractivity contribution >= 4 is 28.5 Å². The second-order valence-corrected chi connectivity index (χ2v) is 5.21. The lowest BCUT2D eigenvalue weighted by Crippen LogP contribution is -2.12. The number of nitrogens with zero attached hydrogens (tertiary/aromatic N) is 2. The van der Waals surface area contributed by atoms with Gasteiger partial charge in [-0.25, -0.2) is 4.98 Å². The molecule has 0 saturated heterocycles. The molecule has 0 amide bonds. The number of nitrogen functional groups attached to an aromatic ring is 1. The van der Waals surface area contributed by atoms with Gasteiger partial charge in [0.2, 0.25) is 0 Å². The molecular weight excluding hydrogens is 230 g/mol. The Morgan fingerprint density at radius 1 is 1.47 bits per heavy atom. The molecule has 2 aromatic rings. The first-order valence-corrected chi connectivity index (χ1v) is 7.29. The Bertz CT molecular complexity index is 519. The number of fused-ring (bicyclic) bond motifs is 1. The van der Waals surface area contributed by atoms with E-state index in [1.807, 2.05) is 23.9 Å². The fourth-order valence-corrected chi connectivity index (χ4v) is 3.03. The van der Waals surface area contributed by atoms with Gasteiger partial charge in [0.1, 0.15) is 5.82 Å². The van der Waals surface area contributed by atoms with Crippen LogP contribution in [0.5, 0.6) is 0 Å². The van der Waals surface area contributed by atoms with Crippen LogP contribution in [0.4, 0.5) is 5.69 Å². The highest BCUT2D eigenvalue weighted by Crippen LogP contribution is 2.26. The number of benzene rings is 1. The van der Waals surface area contributed by atoms with Crippen LogP contribution in [-0.4, -0.2) is 21.6 Å². The first kappa shape index (κ1) is 12.3. The molecule has 92 valence electrons. The van der Waals surface area contributed by atoms with Crippen molar-refractivity contribution in [3.8, 4) is 0 Å². The lowest BCUT2D eigenvalue weighted by atomic mass is 10.2. The van der Waals surface area contributed by atoms with Gasteiger partial charge >= 0.3 is 0 Å². The maximum Gasteiger partial charge on any atom is 0.107 e. The third-order valence-corrected chi connectivity index (χ3v) is 3.80. The van der Waals surface area contributed by atoms with Gasteiger partial charge in [-0.2, -0.15) is 11.8 Å². The minimum atomic E-state index is 0.513. The van der Waals surface area contributed by atoms with E-state index in [2.05, 4.69) is 35.7 Å². The minimum Gasteiger partial charge on any atom is -0.399 e. The van der Waals surface area contributed by atoms with Crippen molar-refractivity contribution in [2.75, 3.05) is 17.7 Å². The van der Waals surface area contributed by atoms with Crippen molar-refractivity contribution in [1.82, 2.24) is 9.55 Å². The van der Waals surface area contributed by atoms with Crippen molar-refractivity contribution < 1.29 is 0 Å². The number of hydrogen-bond acceptors (Lipinski definition) is 3. The second kappa shape index (κ2) is 5.00. The average molecular weight is 249 g/mol. The summed E-state index contributed by atoms with van der Waals surface area (Å²) < 4.78 is 2.34. The summed E-state index contributed by atoms with van der Waals surface area (Å²) in [5, 5.41) is 0. The molecule has 1 aromatic heterocycles. The lowest BCUT2D eigenvalue weighted by molar-refractivity contribution is 0.540. The summed E-state index contributed by atoms with van der Waals surface area (Å²) in [6.45, 7) is 4.29. The first-order valence-electron chi connectivity index (χ1n) is 5.90. The van der Waals surface area contributed by atoms with E-state index in [9.17, 15) is 0 Å². The average Bonchev–Trinajstić information content (AvgIpc) is 2.61. The second-order valence-electron chi connectivity index (χ2n) is 4.29. The third-order valence-electron chi connectivity index (χ3n) is 3.09. The molecule has 3 nitrogen and oxygen atoms in total. The number of nitrogens with two attached hydrogens (primary N) is 1. The van der Waals surface area contributed by atoms with Crippen LogP contribution in [0.3, 0.4) is 0 Å². The zero-order valence-corrected chi connectivity index (χ0v) is 11.4. The molecule has 0 bridgehead atoms. The summed E-state index contributed by atoms with van der Waals surface area (Å²) in [6, 6.07) is 6.49. The van der Waals surface area contributed by atoms with Crippen LogP contribution < -0.4 is 5.73 Å². The van der Waals surface area contributed by atoms with E-state index in [0.29, 0.717) is 6.04 Å². The van der Waals surface area contributed by atoms with E-state index in [4.69, 9.17) is 5.73 Å². The van der Waals surface area contributed by atoms with Gasteiger partial charge in [-0.3, -0.25) is 0 Å². The summed E-state index contributed by atoms with van der Waals surface area (Å²) in [5.74, 6) is 2.19. The molecule has 4 heteroatoms. The van der Waals surface area contributed by atoms with Gasteiger partial charge in [0.15, 0.2) is 0 Å². The lowest BCUT2D eigenvalue weighted by Gasteiger charge is -2.18. The predicted molar refractivity (Wildman–Crippen MR) is 76.6 cm³/mol. The summed E-state index contributed by atoms with van der Waals surface area (Å²) in [4.78, 5) is 4.60. The van der Waals surface area contributed by atoms with Crippen LogP contribution in [0, 0.1) is 6.92 Å². The van der Waals surface area contributed by atoms with Gasteiger partial charge in [0, 0.05) is 17.5 Å². The van der Waals surface area contributed by atoms with Gasteiger partial charge in [0.05, 0.1) is 11.0 Å². The van der Waals surface area contributed by atoms with Gasteiger partial charge in [-0.05, 0) is 37.8 Å². The summed E-state index contributed by atoms with van der Waals surface area (Å²) >= 11 is 1.88. The topological polar surface area (TPSA) is 43.8 Å². The molecule has 0 aliphatic heterocycles. The Kier molecular flexibility index (Phi) is 3.62. The van der Waals surface area contributed by atoms with Crippen LogP contribution in [0.15, 0.2) is 18.2 Å². The number of aromatic nitrogens is 2. The number of imidazole rings is 1. The fourth-order valence-electron chi connectivity index (χ4n) is 2.26. The number of aryl methyl sites for hydroxylation is 1.